The van der Waals surface area contributed by atoms with E-state index in [2.05, 4.69) is 39.0 Å². The van der Waals surface area contributed by atoms with Crippen LogP contribution in [0.15, 0.2) is 18.2 Å². The molecule has 1 aromatic carbocycles. The molecule has 0 radical (unpaired) electrons. The van der Waals surface area contributed by atoms with Gasteiger partial charge in [-0.3, -0.25) is 0 Å². The van der Waals surface area contributed by atoms with Crippen molar-refractivity contribution >= 4 is 6.09 Å². The van der Waals surface area contributed by atoms with Crippen LogP contribution in [-0.2, 0) is 16.6 Å². The van der Waals surface area contributed by atoms with Crippen LogP contribution in [0.2, 0.25) is 0 Å². The molecule has 126 valence electrons. The first-order chi connectivity index (χ1) is 10.6. The van der Waals surface area contributed by atoms with Crippen molar-refractivity contribution < 1.29 is 9.53 Å². The van der Waals surface area contributed by atoms with E-state index < -0.39 is 5.60 Å². The summed E-state index contributed by atoms with van der Waals surface area (Å²) >= 11 is 0. The fraction of sp³-hybridized carbons (Fsp3) is 0.650. The van der Waals surface area contributed by atoms with Crippen molar-refractivity contribution in [1.82, 2.24) is 4.90 Å². The molecule has 23 heavy (non-hydrogen) atoms. The quantitative estimate of drug-likeness (QED) is 0.707. The number of nitrogens with zero attached hydrogens (tertiary/aromatic N) is 1. The predicted molar refractivity (Wildman–Crippen MR) is 92.7 cm³/mol. The molecule has 3 rings (SSSR count). The van der Waals surface area contributed by atoms with Gasteiger partial charge in [-0.15, -0.1) is 0 Å². The van der Waals surface area contributed by atoms with Gasteiger partial charge in [0.25, 0.3) is 0 Å². The predicted octanol–water partition coefficient (Wildman–Crippen LogP) is 4.45. The van der Waals surface area contributed by atoms with E-state index in [9.17, 15) is 4.79 Å². The molecular weight excluding hydrogens is 286 g/mol. The van der Waals surface area contributed by atoms with Crippen molar-refractivity contribution in [3.05, 3.63) is 34.9 Å². The highest BCUT2D eigenvalue weighted by Gasteiger charge is 2.50. The number of carbonyl (C=O) groups is 1. The topological polar surface area (TPSA) is 29.5 Å². The van der Waals surface area contributed by atoms with E-state index in [0.29, 0.717) is 5.92 Å². The van der Waals surface area contributed by atoms with Gasteiger partial charge >= 0.3 is 6.09 Å². The summed E-state index contributed by atoms with van der Waals surface area (Å²) in [7, 11) is 0. The Labute approximate surface area is 140 Å². The van der Waals surface area contributed by atoms with E-state index in [1.54, 1.807) is 0 Å². The first kappa shape index (κ1) is 16.4. The van der Waals surface area contributed by atoms with Crippen LogP contribution in [0.5, 0.6) is 0 Å². The van der Waals surface area contributed by atoms with Crippen LogP contribution in [0, 0.1) is 12.8 Å². The van der Waals surface area contributed by atoms with Gasteiger partial charge in [-0.25, -0.2) is 4.79 Å². The third-order valence-corrected chi connectivity index (χ3v) is 5.79. The molecule has 0 spiro atoms. The number of likely N-dealkylation sites (tertiary alicyclic amines) is 1. The third kappa shape index (κ3) is 2.75. The first-order valence-corrected chi connectivity index (χ1v) is 8.71. The second-order valence-electron chi connectivity index (χ2n) is 8.56. The summed E-state index contributed by atoms with van der Waals surface area (Å²) in [6, 6.07) is 7.02. The summed E-state index contributed by atoms with van der Waals surface area (Å²) in [5, 5.41) is 0. The third-order valence-electron chi connectivity index (χ3n) is 5.79. The number of benzene rings is 1. The molecule has 1 aromatic rings. The second-order valence-corrected chi connectivity index (χ2v) is 8.56. The zero-order chi connectivity index (χ0) is 17.0. The highest BCUT2D eigenvalue weighted by Crippen LogP contribution is 2.48. The average molecular weight is 315 g/mol. The van der Waals surface area contributed by atoms with Crippen LogP contribution >= 0.6 is 0 Å². The van der Waals surface area contributed by atoms with Gasteiger partial charge < -0.3 is 9.64 Å². The van der Waals surface area contributed by atoms with Gasteiger partial charge in [0.15, 0.2) is 0 Å². The van der Waals surface area contributed by atoms with Crippen molar-refractivity contribution in [1.29, 1.82) is 0 Å². The second kappa shape index (κ2) is 5.25. The summed E-state index contributed by atoms with van der Waals surface area (Å²) < 4.78 is 5.64. The summed E-state index contributed by atoms with van der Waals surface area (Å²) in [4.78, 5) is 14.6. The Bertz CT molecular complexity index is 631. The summed E-state index contributed by atoms with van der Waals surface area (Å²) in [6.45, 7) is 13.4. The number of rotatable bonds is 0. The lowest BCUT2D eigenvalue weighted by Crippen LogP contribution is -2.60. The molecule has 2 bridgehead atoms. The maximum atomic E-state index is 12.6. The summed E-state index contributed by atoms with van der Waals surface area (Å²) in [6.07, 6.45) is 1.78. The molecule has 1 aliphatic heterocycles. The highest BCUT2D eigenvalue weighted by atomic mass is 16.6. The van der Waals surface area contributed by atoms with Crippen LogP contribution in [0.1, 0.15) is 57.7 Å². The largest absolute Gasteiger partial charge is 0.444 e. The van der Waals surface area contributed by atoms with Crippen LogP contribution < -0.4 is 0 Å². The first-order valence-electron chi connectivity index (χ1n) is 8.71. The Morgan fingerprint density at radius 2 is 2.04 bits per heavy atom. The van der Waals surface area contributed by atoms with E-state index in [4.69, 9.17) is 4.74 Å². The van der Waals surface area contributed by atoms with E-state index >= 15 is 0 Å². The smallest absolute Gasteiger partial charge is 0.410 e. The van der Waals surface area contributed by atoms with Gasteiger partial charge in [0, 0.05) is 12.6 Å². The van der Waals surface area contributed by atoms with Gasteiger partial charge in [0.2, 0.25) is 0 Å². The molecule has 1 heterocycles. The number of ether oxygens (including phenoxy) is 1. The fourth-order valence-corrected chi connectivity index (χ4v) is 4.28. The standard InChI is InChI=1S/C20H29NO2/c1-13-7-8-15-12-17-14(2)20(6,16(15)11-13)9-10-21(17)18(22)23-19(3,4)5/h7-8,11,14,17H,9-10,12H2,1-6H3/t14-,17+,20-/m0/s1. The maximum absolute atomic E-state index is 12.6. The number of hydrogen-bond donors (Lipinski definition) is 0. The van der Waals surface area contributed by atoms with Crippen molar-refractivity contribution in [3.63, 3.8) is 0 Å². The Balaban J connectivity index is 1.94. The van der Waals surface area contributed by atoms with Gasteiger partial charge in [0.05, 0.1) is 0 Å². The monoisotopic (exact) mass is 315 g/mol. The SMILES string of the molecule is Cc1ccc2c(c1)[C@@]1(C)CCN(C(=O)OC(C)(C)C)[C@H](C2)[C@@H]1C. The Kier molecular flexibility index (Phi) is 3.74. The van der Waals surface area contributed by atoms with Gasteiger partial charge in [-0.05, 0) is 63.0 Å². The fourth-order valence-electron chi connectivity index (χ4n) is 4.28. The molecule has 0 aromatic heterocycles. The number of amides is 1. The number of aryl methyl sites for hydroxylation is 1. The molecular formula is C20H29NO2. The molecule has 1 aliphatic carbocycles. The molecule has 3 heteroatoms. The molecule has 0 unspecified atom stereocenters. The van der Waals surface area contributed by atoms with Crippen LogP contribution in [0.4, 0.5) is 4.79 Å². The minimum atomic E-state index is -0.440. The number of piperidine rings is 1. The summed E-state index contributed by atoms with van der Waals surface area (Å²) in [5.74, 6) is 0.443. The Morgan fingerprint density at radius 3 is 2.70 bits per heavy atom. The molecule has 1 amide bonds. The van der Waals surface area contributed by atoms with Crippen LogP contribution in [0.25, 0.3) is 0 Å². The van der Waals surface area contributed by atoms with Crippen LogP contribution in [0.3, 0.4) is 0 Å². The van der Waals surface area contributed by atoms with Gasteiger partial charge in [-0.2, -0.15) is 0 Å². The minimum absolute atomic E-state index is 0.156. The lowest BCUT2D eigenvalue weighted by molar-refractivity contribution is -0.0164. The molecule has 1 saturated heterocycles. The maximum Gasteiger partial charge on any atom is 0.410 e. The molecule has 0 N–H and O–H groups in total. The molecule has 0 saturated carbocycles. The zero-order valence-corrected chi connectivity index (χ0v) is 15.3. The van der Waals surface area contributed by atoms with Crippen LogP contribution in [-0.4, -0.2) is 29.2 Å². The molecule has 2 aliphatic rings. The average Bonchev–Trinajstić information content (AvgIpc) is 2.42. The number of carbonyl (C=O) groups excluding carboxylic acids is 1. The van der Waals surface area contributed by atoms with E-state index in [0.717, 1.165) is 19.4 Å². The Morgan fingerprint density at radius 1 is 1.35 bits per heavy atom. The van der Waals surface area contributed by atoms with E-state index in [-0.39, 0.29) is 17.6 Å². The summed E-state index contributed by atoms with van der Waals surface area (Å²) in [5.41, 5.74) is 3.93. The highest BCUT2D eigenvalue weighted by molar-refractivity contribution is 5.69. The van der Waals surface area contributed by atoms with E-state index in [1.165, 1.54) is 16.7 Å². The molecule has 1 fully saturated rings. The van der Waals surface area contributed by atoms with Crippen molar-refractivity contribution in [2.75, 3.05) is 6.54 Å². The lowest BCUT2D eigenvalue weighted by Gasteiger charge is -2.54. The van der Waals surface area contributed by atoms with Crippen molar-refractivity contribution in [2.24, 2.45) is 5.92 Å². The van der Waals surface area contributed by atoms with Crippen molar-refractivity contribution in [2.45, 2.75) is 71.4 Å². The number of fused-ring (bicyclic) bond motifs is 4. The normalized spacial score (nSPS) is 29.9. The molecule has 3 atom stereocenters. The van der Waals surface area contributed by atoms with Gasteiger partial charge in [0.1, 0.15) is 5.60 Å². The zero-order valence-electron chi connectivity index (χ0n) is 15.3. The minimum Gasteiger partial charge on any atom is -0.444 e. The molecule has 3 nitrogen and oxygen atoms in total. The Hall–Kier alpha value is -1.51. The van der Waals surface area contributed by atoms with E-state index in [1.807, 2.05) is 25.7 Å². The number of hydrogen-bond acceptors (Lipinski definition) is 2. The lowest BCUT2D eigenvalue weighted by atomic mass is 9.59. The van der Waals surface area contributed by atoms with Crippen molar-refractivity contribution in [3.8, 4) is 0 Å². The van der Waals surface area contributed by atoms with Gasteiger partial charge in [-0.1, -0.05) is 37.6 Å².